The Morgan fingerprint density at radius 1 is 1.30 bits per heavy atom. The molecule has 0 unspecified atom stereocenters. The van der Waals surface area contributed by atoms with E-state index in [0.717, 1.165) is 10.1 Å². The summed E-state index contributed by atoms with van der Waals surface area (Å²) >= 11 is 0. The zero-order valence-electron chi connectivity index (χ0n) is 11.3. The van der Waals surface area contributed by atoms with Gasteiger partial charge in [-0.15, -0.1) is 0 Å². The van der Waals surface area contributed by atoms with Crippen LogP contribution in [0.1, 0.15) is 18.1 Å². The first-order chi connectivity index (χ1) is 9.60. The van der Waals surface area contributed by atoms with Gasteiger partial charge >= 0.3 is 5.69 Å². The number of benzene rings is 1. The average molecular weight is 276 g/mol. The van der Waals surface area contributed by atoms with Gasteiger partial charge < -0.3 is 9.84 Å². The van der Waals surface area contributed by atoms with Crippen LogP contribution in [0.3, 0.4) is 0 Å². The molecular weight excluding hydrogens is 260 g/mol. The summed E-state index contributed by atoms with van der Waals surface area (Å²) in [6.07, 6.45) is 0.327. The number of nitrogens with one attached hydrogen (secondary N) is 1. The first kappa shape index (κ1) is 14.1. The van der Waals surface area contributed by atoms with Crippen LogP contribution in [0, 0.1) is 0 Å². The van der Waals surface area contributed by atoms with Crippen LogP contribution in [0.15, 0.2) is 33.9 Å². The Balaban J connectivity index is 2.77. The van der Waals surface area contributed by atoms with E-state index in [2.05, 4.69) is 4.98 Å². The Kier molecular flexibility index (Phi) is 4.05. The van der Waals surface area contributed by atoms with Crippen molar-refractivity contribution in [2.75, 3.05) is 7.11 Å². The zero-order valence-corrected chi connectivity index (χ0v) is 11.3. The molecule has 0 aliphatic carbocycles. The molecule has 1 aromatic heterocycles. The zero-order chi connectivity index (χ0) is 14.7. The molecule has 2 rings (SSSR count). The van der Waals surface area contributed by atoms with Crippen molar-refractivity contribution in [2.45, 2.75) is 20.0 Å². The quantitative estimate of drug-likeness (QED) is 0.870. The van der Waals surface area contributed by atoms with Gasteiger partial charge in [-0.25, -0.2) is 9.36 Å². The van der Waals surface area contributed by atoms with Crippen LogP contribution in [0.25, 0.3) is 5.69 Å². The van der Waals surface area contributed by atoms with E-state index in [9.17, 15) is 14.7 Å². The van der Waals surface area contributed by atoms with Crippen LogP contribution in [0.4, 0.5) is 0 Å². The van der Waals surface area contributed by atoms with Gasteiger partial charge in [0.1, 0.15) is 0 Å². The van der Waals surface area contributed by atoms with Gasteiger partial charge in [0.2, 0.25) is 5.88 Å². The molecule has 0 saturated heterocycles. The van der Waals surface area contributed by atoms with E-state index >= 15 is 0 Å². The number of para-hydroxylation sites is 1. The lowest BCUT2D eigenvalue weighted by Crippen LogP contribution is -2.31. The number of rotatable bonds is 4. The first-order valence-corrected chi connectivity index (χ1v) is 6.24. The predicted octanol–water partition coefficient (Wildman–Crippen LogP) is 0.940. The van der Waals surface area contributed by atoms with Crippen molar-refractivity contribution in [2.24, 2.45) is 0 Å². The third-order valence-corrected chi connectivity index (χ3v) is 3.07. The monoisotopic (exact) mass is 276 g/mol. The summed E-state index contributed by atoms with van der Waals surface area (Å²) in [5.41, 5.74) is 0.171. The van der Waals surface area contributed by atoms with Gasteiger partial charge in [0.05, 0.1) is 17.9 Å². The molecule has 0 amide bonds. The minimum atomic E-state index is -0.673. The summed E-state index contributed by atoms with van der Waals surface area (Å²) in [7, 11) is 1.55. The summed E-state index contributed by atoms with van der Waals surface area (Å²) in [6.45, 7) is 2.03. The molecule has 0 spiro atoms. The van der Waals surface area contributed by atoms with Crippen molar-refractivity contribution in [3.05, 3.63) is 56.2 Å². The van der Waals surface area contributed by atoms with E-state index in [1.165, 1.54) is 0 Å². The molecular formula is C14H16N2O4. The molecule has 106 valence electrons. The highest BCUT2D eigenvalue weighted by Gasteiger charge is 2.15. The first-order valence-electron chi connectivity index (χ1n) is 6.24. The van der Waals surface area contributed by atoms with Gasteiger partial charge in [-0.05, 0) is 12.5 Å². The Bertz CT molecular complexity index is 731. The summed E-state index contributed by atoms with van der Waals surface area (Å²) in [5, 5.41) is 10.2. The highest BCUT2D eigenvalue weighted by molar-refractivity contribution is 5.44. The van der Waals surface area contributed by atoms with Crippen LogP contribution < -0.4 is 11.2 Å². The lowest BCUT2D eigenvalue weighted by atomic mass is 10.1. The van der Waals surface area contributed by atoms with Crippen molar-refractivity contribution >= 4 is 0 Å². The van der Waals surface area contributed by atoms with Crippen molar-refractivity contribution in [3.63, 3.8) is 0 Å². The highest BCUT2D eigenvalue weighted by atomic mass is 16.5. The molecule has 0 aliphatic heterocycles. The fraction of sp³-hybridized carbons (Fsp3) is 0.286. The Labute approximate surface area is 115 Å². The number of methoxy groups -OCH3 is 1. The average Bonchev–Trinajstić information content (AvgIpc) is 2.41. The predicted molar refractivity (Wildman–Crippen MR) is 74.4 cm³/mol. The van der Waals surface area contributed by atoms with Crippen molar-refractivity contribution in [3.8, 4) is 11.6 Å². The Morgan fingerprint density at radius 2 is 2.00 bits per heavy atom. The van der Waals surface area contributed by atoms with E-state index in [4.69, 9.17) is 4.74 Å². The topological polar surface area (TPSA) is 84.3 Å². The van der Waals surface area contributed by atoms with E-state index in [-0.39, 0.29) is 11.4 Å². The van der Waals surface area contributed by atoms with Gasteiger partial charge in [0.15, 0.2) is 0 Å². The van der Waals surface area contributed by atoms with Crippen LogP contribution in [0.5, 0.6) is 5.88 Å². The number of nitrogens with zero attached hydrogens (tertiary/aromatic N) is 1. The molecule has 6 heteroatoms. The normalized spacial score (nSPS) is 10.7. The number of H-pyrrole nitrogens is 1. The maximum Gasteiger partial charge on any atom is 0.335 e. The lowest BCUT2D eigenvalue weighted by Gasteiger charge is -2.14. The molecule has 0 aliphatic rings. The second kappa shape index (κ2) is 5.75. The number of hydrogen-bond acceptors (Lipinski definition) is 4. The molecule has 0 saturated carbocycles. The van der Waals surface area contributed by atoms with Crippen molar-refractivity contribution < 1.29 is 9.84 Å². The standard InChI is InChI=1S/C14H16N2O4/c1-3-10-12(17)15-14(19)16(13(10)18)11-7-5-4-6-9(11)8-20-2/h4-7,18H,3,8H2,1-2H3,(H,15,17,19). The largest absolute Gasteiger partial charge is 0.494 e. The van der Waals surface area contributed by atoms with Crippen LogP contribution in [-0.4, -0.2) is 21.8 Å². The number of hydrogen-bond donors (Lipinski definition) is 2. The smallest absolute Gasteiger partial charge is 0.335 e. The van der Waals surface area contributed by atoms with E-state index in [0.29, 0.717) is 18.7 Å². The van der Waals surface area contributed by atoms with Gasteiger partial charge in [0, 0.05) is 12.7 Å². The van der Waals surface area contributed by atoms with Gasteiger partial charge in [-0.3, -0.25) is 9.78 Å². The second-order valence-electron chi connectivity index (χ2n) is 4.31. The summed E-state index contributed by atoms with van der Waals surface area (Å²) in [5.74, 6) is -0.329. The van der Waals surface area contributed by atoms with E-state index in [1.54, 1.807) is 32.2 Å². The summed E-state index contributed by atoms with van der Waals surface area (Å²) in [4.78, 5) is 25.8. The third-order valence-electron chi connectivity index (χ3n) is 3.07. The van der Waals surface area contributed by atoms with Crippen molar-refractivity contribution in [1.29, 1.82) is 0 Å². The maximum absolute atomic E-state index is 12.0. The molecule has 0 radical (unpaired) electrons. The molecule has 0 atom stereocenters. The summed E-state index contributed by atoms with van der Waals surface area (Å²) < 4.78 is 6.17. The van der Waals surface area contributed by atoms with Crippen LogP contribution in [-0.2, 0) is 17.8 Å². The fourth-order valence-electron chi connectivity index (χ4n) is 2.11. The minimum Gasteiger partial charge on any atom is -0.494 e. The second-order valence-corrected chi connectivity index (χ2v) is 4.31. The lowest BCUT2D eigenvalue weighted by molar-refractivity contribution is 0.184. The van der Waals surface area contributed by atoms with Gasteiger partial charge in [-0.1, -0.05) is 25.1 Å². The molecule has 1 aromatic carbocycles. The minimum absolute atomic E-state index is 0.178. The third kappa shape index (κ3) is 2.37. The molecule has 0 bridgehead atoms. The number of ether oxygens (including phenoxy) is 1. The van der Waals surface area contributed by atoms with E-state index < -0.39 is 11.2 Å². The number of aromatic hydroxyl groups is 1. The molecule has 0 fully saturated rings. The summed E-state index contributed by atoms with van der Waals surface area (Å²) in [6, 6.07) is 7.04. The SMILES string of the molecule is CCc1c(O)n(-c2ccccc2COC)c(=O)[nH]c1=O. The van der Waals surface area contributed by atoms with Crippen LogP contribution >= 0.6 is 0 Å². The highest BCUT2D eigenvalue weighted by Crippen LogP contribution is 2.20. The van der Waals surface area contributed by atoms with Crippen LogP contribution in [0.2, 0.25) is 0 Å². The number of aromatic nitrogens is 2. The molecule has 20 heavy (non-hydrogen) atoms. The van der Waals surface area contributed by atoms with Gasteiger partial charge in [-0.2, -0.15) is 0 Å². The number of aromatic amines is 1. The molecule has 2 aromatic rings. The van der Waals surface area contributed by atoms with Gasteiger partial charge in [0.25, 0.3) is 5.56 Å². The Morgan fingerprint density at radius 3 is 2.65 bits per heavy atom. The van der Waals surface area contributed by atoms with E-state index in [1.807, 2.05) is 6.07 Å². The molecule has 6 nitrogen and oxygen atoms in total. The maximum atomic E-state index is 12.0. The molecule has 1 heterocycles. The van der Waals surface area contributed by atoms with Crippen molar-refractivity contribution in [1.82, 2.24) is 9.55 Å². The Hall–Kier alpha value is -2.34. The fourth-order valence-corrected chi connectivity index (χ4v) is 2.11. The molecule has 2 N–H and O–H groups in total.